The second-order valence-electron chi connectivity index (χ2n) is 5.19. The standard InChI is InChI=1S/C15H19ClN4O3/c1-3-20-13(17)12(14(22)18-15(20)23)19(2)8-11(21)9-5-4-6-10(16)7-9/h4-7,11,21H,3,8,17H2,1-2H3,(H,18,22,23). The van der Waals surface area contributed by atoms with E-state index < -0.39 is 17.4 Å². The van der Waals surface area contributed by atoms with Gasteiger partial charge in [-0.1, -0.05) is 23.7 Å². The van der Waals surface area contributed by atoms with Crippen molar-refractivity contribution in [3.8, 4) is 0 Å². The SMILES string of the molecule is CCn1c(N)c(N(C)CC(O)c2cccc(Cl)c2)c(=O)[nH]c1=O. The number of nitrogens with one attached hydrogen (secondary N) is 1. The normalized spacial score (nSPS) is 12.2. The van der Waals surface area contributed by atoms with E-state index in [-0.39, 0.29) is 18.1 Å². The van der Waals surface area contributed by atoms with Gasteiger partial charge < -0.3 is 15.7 Å². The van der Waals surface area contributed by atoms with Crippen LogP contribution >= 0.6 is 11.6 Å². The first kappa shape index (κ1) is 17.1. The van der Waals surface area contributed by atoms with Crippen molar-refractivity contribution in [2.45, 2.75) is 19.6 Å². The summed E-state index contributed by atoms with van der Waals surface area (Å²) in [6.45, 7) is 2.20. The minimum atomic E-state index is -0.862. The lowest BCUT2D eigenvalue weighted by Crippen LogP contribution is -2.38. The number of likely N-dealkylation sites (N-methyl/N-ethyl adjacent to an activating group) is 1. The summed E-state index contributed by atoms with van der Waals surface area (Å²) in [5.74, 6) is 0.0713. The summed E-state index contributed by atoms with van der Waals surface area (Å²) in [6, 6.07) is 6.84. The van der Waals surface area contributed by atoms with Gasteiger partial charge in [0.25, 0.3) is 5.56 Å². The summed E-state index contributed by atoms with van der Waals surface area (Å²) in [6.07, 6.45) is -0.862. The number of rotatable bonds is 5. The minimum Gasteiger partial charge on any atom is -0.387 e. The highest BCUT2D eigenvalue weighted by molar-refractivity contribution is 6.30. The van der Waals surface area contributed by atoms with E-state index in [0.717, 1.165) is 0 Å². The highest BCUT2D eigenvalue weighted by Crippen LogP contribution is 2.21. The van der Waals surface area contributed by atoms with Gasteiger partial charge in [-0.25, -0.2) is 4.79 Å². The largest absolute Gasteiger partial charge is 0.387 e. The maximum atomic E-state index is 12.0. The molecule has 1 aromatic carbocycles. The molecule has 2 rings (SSSR count). The lowest BCUT2D eigenvalue weighted by Gasteiger charge is -2.24. The molecule has 0 fully saturated rings. The fraction of sp³-hybridized carbons (Fsp3) is 0.333. The number of hydrogen-bond donors (Lipinski definition) is 3. The van der Waals surface area contributed by atoms with Gasteiger partial charge in [-0.3, -0.25) is 14.3 Å². The molecular weight excluding hydrogens is 320 g/mol. The molecule has 7 nitrogen and oxygen atoms in total. The Bertz CT molecular complexity index is 815. The quantitative estimate of drug-likeness (QED) is 0.753. The van der Waals surface area contributed by atoms with E-state index in [2.05, 4.69) is 4.98 Å². The molecule has 0 aliphatic carbocycles. The van der Waals surface area contributed by atoms with Gasteiger partial charge in [-0.15, -0.1) is 0 Å². The van der Waals surface area contributed by atoms with Gasteiger partial charge in [-0.05, 0) is 24.6 Å². The lowest BCUT2D eigenvalue weighted by atomic mass is 10.1. The Morgan fingerprint density at radius 1 is 1.43 bits per heavy atom. The molecule has 23 heavy (non-hydrogen) atoms. The molecule has 0 spiro atoms. The smallest absolute Gasteiger partial charge is 0.330 e. The summed E-state index contributed by atoms with van der Waals surface area (Å²) < 4.78 is 1.26. The highest BCUT2D eigenvalue weighted by Gasteiger charge is 2.18. The van der Waals surface area contributed by atoms with Crippen LogP contribution in [-0.2, 0) is 6.54 Å². The molecule has 0 aliphatic rings. The third kappa shape index (κ3) is 3.57. The van der Waals surface area contributed by atoms with Crippen LogP contribution in [0.1, 0.15) is 18.6 Å². The lowest BCUT2D eigenvalue weighted by molar-refractivity contribution is 0.185. The van der Waals surface area contributed by atoms with Crippen molar-refractivity contribution in [2.24, 2.45) is 0 Å². The van der Waals surface area contributed by atoms with E-state index in [1.807, 2.05) is 0 Å². The van der Waals surface area contributed by atoms with Gasteiger partial charge in [0, 0.05) is 25.2 Å². The molecular formula is C15H19ClN4O3. The van der Waals surface area contributed by atoms with Gasteiger partial charge in [0.2, 0.25) is 0 Å². The van der Waals surface area contributed by atoms with Crippen molar-refractivity contribution in [2.75, 3.05) is 24.2 Å². The van der Waals surface area contributed by atoms with Gasteiger partial charge in [-0.2, -0.15) is 0 Å². The monoisotopic (exact) mass is 338 g/mol. The second kappa shape index (κ2) is 6.89. The number of anilines is 2. The Balaban J connectivity index is 2.33. The molecule has 2 aromatic rings. The Hall–Kier alpha value is -2.25. The number of nitrogen functional groups attached to an aromatic ring is 1. The molecule has 8 heteroatoms. The number of aliphatic hydroxyl groups is 1. The van der Waals surface area contributed by atoms with Gasteiger partial charge in [0.05, 0.1) is 6.10 Å². The first-order valence-corrected chi connectivity index (χ1v) is 7.50. The number of benzene rings is 1. The molecule has 4 N–H and O–H groups in total. The predicted octanol–water partition coefficient (Wildman–Crippen LogP) is 0.962. The van der Waals surface area contributed by atoms with Crippen LogP contribution in [-0.4, -0.2) is 28.3 Å². The summed E-state index contributed by atoms with van der Waals surface area (Å²) in [5.41, 5.74) is 5.57. The molecule has 0 saturated carbocycles. The number of hydrogen-bond acceptors (Lipinski definition) is 5. The van der Waals surface area contributed by atoms with Crippen molar-refractivity contribution in [3.05, 3.63) is 55.7 Å². The molecule has 1 unspecified atom stereocenters. The van der Waals surface area contributed by atoms with Gasteiger partial charge in [0.15, 0.2) is 0 Å². The fourth-order valence-electron chi connectivity index (χ4n) is 2.43. The van der Waals surface area contributed by atoms with Crippen LogP contribution in [0.4, 0.5) is 11.5 Å². The van der Waals surface area contributed by atoms with E-state index in [1.165, 1.54) is 9.47 Å². The maximum absolute atomic E-state index is 12.0. The van der Waals surface area contributed by atoms with E-state index in [0.29, 0.717) is 17.1 Å². The molecule has 1 heterocycles. The summed E-state index contributed by atoms with van der Waals surface area (Å²) >= 11 is 5.91. The summed E-state index contributed by atoms with van der Waals surface area (Å²) in [5, 5.41) is 10.8. The van der Waals surface area contributed by atoms with Crippen LogP contribution in [0.2, 0.25) is 5.02 Å². The number of aliphatic hydroxyl groups excluding tert-OH is 1. The average Bonchev–Trinajstić information content (AvgIpc) is 2.47. The van der Waals surface area contributed by atoms with E-state index in [4.69, 9.17) is 17.3 Å². The fourth-order valence-corrected chi connectivity index (χ4v) is 2.63. The molecule has 0 bridgehead atoms. The highest BCUT2D eigenvalue weighted by atomic mass is 35.5. The van der Waals surface area contributed by atoms with Gasteiger partial charge in [0.1, 0.15) is 11.5 Å². The number of aromatic amines is 1. The first-order chi connectivity index (χ1) is 10.8. The number of nitrogens with two attached hydrogens (primary N) is 1. The van der Waals surface area contributed by atoms with Crippen LogP contribution in [0.3, 0.4) is 0 Å². The number of aromatic nitrogens is 2. The third-order valence-corrected chi connectivity index (χ3v) is 3.83. The van der Waals surface area contributed by atoms with Crippen molar-refractivity contribution in [3.63, 3.8) is 0 Å². The van der Waals surface area contributed by atoms with Crippen molar-refractivity contribution in [1.29, 1.82) is 0 Å². The number of halogens is 1. The minimum absolute atomic E-state index is 0.0713. The zero-order valence-corrected chi connectivity index (χ0v) is 13.7. The molecule has 0 radical (unpaired) electrons. The number of H-pyrrole nitrogens is 1. The van der Waals surface area contributed by atoms with Gasteiger partial charge >= 0.3 is 5.69 Å². The molecule has 1 aromatic heterocycles. The van der Waals surface area contributed by atoms with Crippen molar-refractivity contribution < 1.29 is 5.11 Å². The molecule has 0 saturated heterocycles. The molecule has 1 atom stereocenters. The Kier molecular flexibility index (Phi) is 5.12. The van der Waals surface area contributed by atoms with Crippen LogP contribution in [0.15, 0.2) is 33.9 Å². The van der Waals surface area contributed by atoms with Crippen molar-refractivity contribution >= 4 is 23.1 Å². The molecule has 124 valence electrons. The third-order valence-electron chi connectivity index (χ3n) is 3.59. The van der Waals surface area contributed by atoms with Crippen molar-refractivity contribution in [1.82, 2.24) is 9.55 Å². The zero-order valence-electron chi connectivity index (χ0n) is 12.9. The van der Waals surface area contributed by atoms with Crippen LogP contribution in [0.5, 0.6) is 0 Å². The Morgan fingerprint density at radius 3 is 2.74 bits per heavy atom. The molecule has 0 aliphatic heterocycles. The Labute approximate surface area is 137 Å². The van der Waals surface area contributed by atoms with Crippen LogP contribution in [0, 0.1) is 0 Å². The topological polar surface area (TPSA) is 104 Å². The van der Waals surface area contributed by atoms with E-state index in [9.17, 15) is 14.7 Å². The molecule has 0 amide bonds. The zero-order chi connectivity index (χ0) is 17.1. The predicted molar refractivity (Wildman–Crippen MR) is 91.1 cm³/mol. The average molecular weight is 339 g/mol. The first-order valence-electron chi connectivity index (χ1n) is 7.12. The van der Waals surface area contributed by atoms with E-state index in [1.54, 1.807) is 38.2 Å². The maximum Gasteiger partial charge on any atom is 0.330 e. The van der Waals surface area contributed by atoms with Crippen LogP contribution < -0.4 is 21.9 Å². The summed E-state index contributed by atoms with van der Waals surface area (Å²) in [4.78, 5) is 27.5. The second-order valence-corrected chi connectivity index (χ2v) is 5.63. The van der Waals surface area contributed by atoms with Crippen LogP contribution in [0.25, 0.3) is 0 Å². The van der Waals surface area contributed by atoms with E-state index >= 15 is 0 Å². The summed E-state index contributed by atoms with van der Waals surface area (Å²) in [7, 11) is 1.62. The number of nitrogens with zero attached hydrogens (tertiary/aromatic N) is 2. The Morgan fingerprint density at radius 2 is 2.13 bits per heavy atom.